The number of nitrogens with zero attached hydrogens (tertiary/aromatic N) is 1. The number of likely N-dealkylation sites (tertiary alicyclic amines) is 1. The normalized spacial score (nSPS) is 18.7. The highest BCUT2D eigenvalue weighted by atomic mass is 16.3. The van der Waals surface area contributed by atoms with Crippen LogP contribution in [0.1, 0.15) is 39.2 Å². The second-order valence-corrected chi connectivity index (χ2v) is 6.44. The Morgan fingerprint density at radius 1 is 1.21 bits per heavy atom. The van der Waals surface area contributed by atoms with Gasteiger partial charge < -0.3 is 10.4 Å². The molecule has 0 aromatic heterocycles. The molecule has 1 aliphatic heterocycles. The summed E-state index contributed by atoms with van der Waals surface area (Å²) in [6, 6.07) is 8.13. The van der Waals surface area contributed by atoms with Crippen LogP contribution in [0.4, 0.5) is 0 Å². The van der Waals surface area contributed by atoms with Crippen LogP contribution in [0, 0.1) is 0 Å². The Kier molecular flexibility index (Phi) is 4.48. The van der Waals surface area contributed by atoms with Crippen LogP contribution in [0.2, 0.25) is 0 Å². The summed E-state index contributed by atoms with van der Waals surface area (Å²) in [5.41, 5.74) is 1.27. The highest BCUT2D eigenvalue weighted by Gasteiger charge is 2.26. The van der Waals surface area contributed by atoms with Crippen molar-refractivity contribution in [2.24, 2.45) is 0 Å². The van der Waals surface area contributed by atoms with Crippen LogP contribution in [0.5, 0.6) is 5.75 Å². The van der Waals surface area contributed by atoms with Crippen LogP contribution in [0.15, 0.2) is 24.3 Å². The number of nitrogens with one attached hydrogen (secondary N) is 1. The summed E-state index contributed by atoms with van der Waals surface area (Å²) in [6.07, 6.45) is 2.37. The summed E-state index contributed by atoms with van der Waals surface area (Å²) in [4.78, 5) is 2.55. The van der Waals surface area contributed by atoms with Crippen LogP contribution in [0.25, 0.3) is 0 Å². The van der Waals surface area contributed by atoms with Crippen molar-refractivity contribution in [3.05, 3.63) is 29.8 Å². The molecule has 1 heterocycles. The fourth-order valence-electron chi connectivity index (χ4n) is 2.67. The topological polar surface area (TPSA) is 35.5 Å². The number of phenolic OH excluding ortho intramolecular Hbond substituents is 1. The lowest BCUT2D eigenvalue weighted by Gasteiger charge is -2.41. The molecule has 0 radical (unpaired) electrons. The molecule has 0 bridgehead atoms. The molecule has 0 atom stereocenters. The van der Waals surface area contributed by atoms with Crippen molar-refractivity contribution < 1.29 is 5.11 Å². The van der Waals surface area contributed by atoms with Gasteiger partial charge in [0.25, 0.3) is 0 Å². The highest BCUT2D eigenvalue weighted by Crippen LogP contribution is 2.21. The largest absolute Gasteiger partial charge is 0.508 e. The van der Waals surface area contributed by atoms with Gasteiger partial charge in [0, 0.05) is 36.8 Å². The molecule has 0 saturated carbocycles. The lowest BCUT2D eigenvalue weighted by molar-refractivity contribution is 0.0960. The van der Waals surface area contributed by atoms with E-state index in [1.807, 2.05) is 18.2 Å². The molecule has 1 saturated heterocycles. The van der Waals surface area contributed by atoms with Gasteiger partial charge in [-0.05, 0) is 39.7 Å². The van der Waals surface area contributed by atoms with E-state index in [-0.39, 0.29) is 5.54 Å². The minimum Gasteiger partial charge on any atom is -0.508 e. The number of piperidine rings is 1. The van der Waals surface area contributed by atoms with Gasteiger partial charge in [0.05, 0.1) is 0 Å². The van der Waals surface area contributed by atoms with Crippen LogP contribution < -0.4 is 5.32 Å². The zero-order valence-corrected chi connectivity index (χ0v) is 12.3. The minimum absolute atomic E-state index is 0.280. The molecule has 106 valence electrons. The average Bonchev–Trinajstić information content (AvgIpc) is 2.37. The minimum atomic E-state index is 0.280. The first-order valence-corrected chi connectivity index (χ1v) is 7.22. The number of hydrogen-bond donors (Lipinski definition) is 2. The van der Waals surface area contributed by atoms with E-state index in [1.54, 1.807) is 6.07 Å². The van der Waals surface area contributed by atoms with Gasteiger partial charge in [-0.15, -0.1) is 0 Å². The molecule has 1 aromatic carbocycles. The molecule has 3 nitrogen and oxygen atoms in total. The molecule has 2 rings (SSSR count). The fourth-order valence-corrected chi connectivity index (χ4v) is 2.67. The SMILES string of the molecule is CC(C)(C)N1CCC(NCc2ccccc2O)CC1. The maximum absolute atomic E-state index is 9.74. The summed E-state index contributed by atoms with van der Waals surface area (Å²) < 4.78 is 0. The van der Waals surface area contributed by atoms with Crippen molar-refractivity contribution in [1.29, 1.82) is 0 Å². The van der Waals surface area contributed by atoms with Gasteiger partial charge in [0.1, 0.15) is 5.75 Å². The molecule has 19 heavy (non-hydrogen) atoms. The van der Waals surface area contributed by atoms with Crippen molar-refractivity contribution in [3.63, 3.8) is 0 Å². The van der Waals surface area contributed by atoms with Gasteiger partial charge in [-0.3, -0.25) is 4.90 Å². The fraction of sp³-hybridized carbons (Fsp3) is 0.625. The summed E-state index contributed by atoms with van der Waals surface area (Å²) in [6.45, 7) is 9.91. The van der Waals surface area contributed by atoms with Crippen LogP contribution in [0.3, 0.4) is 0 Å². The second kappa shape index (κ2) is 5.93. The van der Waals surface area contributed by atoms with Crippen LogP contribution in [-0.2, 0) is 6.54 Å². The molecule has 1 aromatic rings. The smallest absolute Gasteiger partial charge is 0.120 e. The Hall–Kier alpha value is -1.06. The van der Waals surface area contributed by atoms with Gasteiger partial charge in [0.2, 0.25) is 0 Å². The quantitative estimate of drug-likeness (QED) is 0.879. The van der Waals surface area contributed by atoms with Gasteiger partial charge in [0.15, 0.2) is 0 Å². The molecule has 0 unspecified atom stereocenters. The molecule has 0 amide bonds. The monoisotopic (exact) mass is 262 g/mol. The number of rotatable bonds is 3. The molecule has 3 heteroatoms. The number of hydrogen-bond acceptors (Lipinski definition) is 3. The van der Waals surface area contributed by atoms with E-state index in [4.69, 9.17) is 0 Å². The Labute approximate surface area is 116 Å². The molecular weight excluding hydrogens is 236 g/mol. The lowest BCUT2D eigenvalue weighted by atomic mass is 9.98. The third-order valence-electron chi connectivity index (χ3n) is 4.02. The first-order valence-electron chi connectivity index (χ1n) is 7.22. The highest BCUT2D eigenvalue weighted by molar-refractivity contribution is 5.31. The molecule has 1 aliphatic rings. The predicted octanol–water partition coefficient (Wildman–Crippen LogP) is 2.74. The summed E-state index contributed by atoms with van der Waals surface area (Å²) in [7, 11) is 0. The number of phenols is 1. The van der Waals surface area contributed by atoms with E-state index in [0.717, 1.165) is 25.2 Å². The van der Waals surface area contributed by atoms with Gasteiger partial charge in [-0.1, -0.05) is 18.2 Å². The second-order valence-electron chi connectivity index (χ2n) is 6.44. The Morgan fingerprint density at radius 2 is 1.84 bits per heavy atom. The summed E-state index contributed by atoms with van der Waals surface area (Å²) >= 11 is 0. The zero-order chi connectivity index (χ0) is 13.9. The summed E-state index contributed by atoms with van der Waals surface area (Å²) in [5.74, 6) is 0.391. The van der Waals surface area contributed by atoms with E-state index < -0.39 is 0 Å². The van der Waals surface area contributed by atoms with Crippen LogP contribution in [-0.4, -0.2) is 34.7 Å². The van der Waals surface area contributed by atoms with E-state index in [0.29, 0.717) is 11.8 Å². The van der Waals surface area contributed by atoms with Crippen LogP contribution >= 0.6 is 0 Å². The maximum Gasteiger partial charge on any atom is 0.120 e. The Balaban J connectivity index is 1.79. The molecule has 0 spiro atoms. The van der Waals surface area contributed by atoms with Gasteiger partial charge in [-0.25, -0.2) is 0 Å². The maximum atomic E-state index is 9.74. The number of para-hydroxylation sites is 1. The number of aromatic hydroxyl groups is 1. The van der Waals surface area contributed by atoms with Crippen molar-refractivity contribution >= 4 is 0 Å². The van der Waals surface area contributed by atoms with Crippen molar-refractivity contribution in [3.8, 4) is 5.75 Å². The predicted molar refractivity (Wildman–Crippen MR) is 79.3 cm³/mol. The first kappa shape index (κ1) is 14.4. The van der Waals surface area contributed by atoms with E-state index in [9.17, 15) is 5.11 Å². The van der Waals surface area contributed by atoms with E-state index >= 15 is 0 Å². The van der Waals surface area contributed by atoms with E-state index in [2.05, 4.69) is 31.0 Å². The third-order valence-corrected chi connectivity index (χ3v) is 4.02. The lowest BCUT2D eigenvalue weighted by Crippen LogP contribution is -2.49. The Bertz CT molecular complexity index is 403. The first-order chi connectivity index (χ1) is 8.97. The molecule has 0 aliphatic carbocycles. The summed E-state index contributed by atoms with van der Waals surface area (Å²) in [5, 5.41) is 13.3. The zero-order valence-electron chi connectivity index (χ0n) is 12.3. The van der Waals surface area contributed by atoms with E-state index in [1.165, 1.54) is 12.8 Å². The average molecular weight is 262 g/mol. The standard InChI is InChI=1S/C16H26N2O/c1-16(2,3)18-10-8-14(9-11-18)17-12-13-6-4-5-7-15(13)19/h4-7,14,17,19H,8-12H2,1-3H3. The third kappa shape index (κ3) is 3.95. The van der Waals surface area contributed by atoms with Crippen molar-refractivity contribution in [2.45, 2.75) is 51.7 Å². The van der Waals surface area contributed by atoms with Crippen molar-refractivity contribution in [2.75, 3.05) is 13.1 Å². The van der Waals surface area contributed by atoms with Gasteiger partial charge >= 0.3 is 0 Å². The molecule has 1 fully saturated rings. The van der Waals surface area contributed by atoms with Crippen molar-refractivity contribution in [1.82, 2.24) is 10.2 Å². The Morgan fingerprint density at radius 3 is 2.42 bits per heavy atom. The number of benzene rings is 1. The van der Waals surface area contributed by atoms with Gasteiger partial charge in [-0.2, -0.15) is 0 Å². The molecule has 2 N–H and O–H groups in total. The molecular formula is C16H26N2O.